The van der Waals surface area contributed by atoms with Crippen molar-refractivity contribution in [3.05, 3.63) is 220 Å². The highest BCUT2D eigenvalue weighted by molar-refractivity contribution is 5.58. The van der Waals surface area contributed by atoms with Gasteiger partial charge in [0.05, 0.1) is 0 Å². The van der Waals surface area contributed by atoms with Crippen molar-refractivity contribution in [3.63, 3.8) is 0 Å². The molecule has 1 heterocycles. The molecule has 0 aliphatic rings. The summed E-state index contributed by atoms with van der Waals surface area (Å²) >= 11 is 0. The van der Waals surface area contributed by atoms with Gasteiger partial charge in [0.15, 0.2) is 0 Å². The lowest BCUT2D eigenvalue weighted by molar-refractivity contribution is -0.596. The fourth-order valence-electron chi connectivity index (χ4n) is 7.89. The minimum absolute atomic E-state index is 0. The molecule has 0 amide bonds. The predicted molar refractivity (Wildman–Crippen MR) is 213 cm³/mol. The third-order valence-corrected chi connectivity index (χ3v) is 10.8. The third kappa shape index (κ3) is 7.40. The number of imidazole rings is 1. The molecular formula is C49H49ClN2. The molecule has 0 saturated heterocycles. The Morgan fingerprint density at radius 3 is 1.10 bits per heavy atom. The van der Waals surface area contributed by atoms with E-state index in [1.807, 2.05) is 0 Å². The van der Waals surface area contributed by atoms with E-state index < -0.39 is 0 Å². The van der Waals surface area contributed by atoms with Crippen LogP contribution in [0.3, 0.4) is 0 Å². The molecule has 52 heavy (non-hydrogen) atoms. The van der Waals surface area contributed by atoms with Crippen LogP contribution in [-0.2, 0) is 0 Å². The second kappa shape index (κ2) is 16.0. The number of halogens is 1. The molecule has 4 atom stereocenters. The van der Waals surface area contributed by atoms with Crippen LogP contribution in [0.2, 0.25) is 0 Å². The zero-order valence-electron chi connectivity index (χ0n) is 31.2. The van der Waals surface area contributed by atoms with Gasteiger partial charge in [-0.15, -0.1) is 0 Å². The molecule has 0 fully saturated rings. The van der Waals surface area contributed by atoms with Crippen LogP contribution < -0.4 is 17.0 Å². The van der Waals surface area contributed by atoms with Gasteiger partial charge >= 0.3 is 0 Å². The molecule has 7 aromatic rings. The van der Waals surface area contributed by atoms with E-state index in [1.165, 1.54) is 67.0 Å². The minimum Gasteiger partial charge on any atom is -1.00 e. The molecule has 0 spiro atoms. The van der Waals surface area contributed by atoms with Crippen LogP contribution in [0, 0.1) is 13.8 Å². The summed E-state index contributed by atoms with van der Waals surface area (Å²) in [6.45, 7) is 13.9. The van der Waals surface area contributed by atoms with Gasteiger partial charge in [0, 0.05) is 45.9 Å². The lowest BCUT2D eigenvalue weighted by Gasteiger charge is -2.23. The average Bonchev–Trinajstić information content (AvgIpc) is 3.66. The van der Waals surface area contributed by atoms with Gasteiger partial charge in [-0.1, -0.05) is 184 Å². The van der Waals surface area contributed by atoms with Crippen molar-refractivity contribution in [1.82, 2.24) is 4.57 Å². The highest BCUT2D eigenvalue weighted by Crippen LogP contribution is 2.39. The summed E-state index contributed by atoms with van der Waals surface area (Å²) in [5.74, 6) is 0.835. The number of nitrogens with zero attached hydrogens (tertiary/aromatic N) is 2. The summed E-state index contributed by atoms with van der Waals surface area (Å²) in [7, 11) is 0. The molecule has 0 aliphatic heterocycles. The molecule has 0 saturated carbocycles. The van der Waals surface area contributed by atoms with Crippen LogP contribution in [0.5, 0.6) is 0 Å². The molecule has 0 bridgehead atoms. The fourth-order valence-corrected chi connectivity index (χ4v) is 7.89. The molecule has 0 radical (unpaired) electrons. The maximum atomic E-state index is 2.40. The van der Waals surface area contributed by atoms with E-state index in [2.05, 4.69) is 215 Å². The zero-order chi connectivity index (χ0) is 35.5. The Morgan fingerprint density at radius 2 is 0.750 bits per heavy atom. The largest absolute Gasteiger partial charge is 1.00 e. The molecule has 2 nitrogen and oxygen atoms in total. The Balaban J connectivity index is 0.00000464. The summed E-state index contributed by atoms with van der Waals surface area (Å²) < 4.78 is 4.77. The third-order valence-electron chi connectivity index (χ3n) is 10.8. The Bertz CT molecular complexity index is 1930. The van der Waals surface area contributed by atoms with Gasteiger partial charge in [-0.25, -0.2) is 9.13 Å². The first kappa shape index (κ1) is 36.6. The standard InChI is InChI=1S/C49H49N2.ClH/c1-34-29-44(36(3)40-19-11-7-12-20-40)48(45(30-34)37(4)41-21-13-8-14-22-41)50-27-28-51(33-50)49-46(38(5)42-23-15-9-16-24-42)31-35(2)32-47(49)39(6)43-25-17-10-18-26-43;/h7-33,36-39H,1-6H3;1H/q+1;/p-1/t36-,37-,38-,39-;/m1./s1. The highest BCUT2D eigenvalue weighted by atomic mass is 35.5. The summed E-state index contributed by atoms with van der Waals surface area (Å²) in [5, 5.41) is 0. The van der Waals surface area contributed by atoms with Crippen LogP contribution in [0.15, 0.2) is 164 Å². The van der Waals surface area contributed by atoms with E-state index in [-0.39, 0.29) is 36.1 Å². The van der Waals surface area contributed by atoms with Crippen molar-refractivity contribution >= 4 is 0 Å². The summed E-state index contributed by atoms with van der Waals surface area (Å²) in [6, 6.07) is 53.3. The van der Waals surface area contributed by atoms with E-state index in [1.54, 1.807) is 0 Å². The molecule has 0 unspecified atom stereocenters. The van der Waals surface area contributed by atoms with E-state index in [0.717, 1.165) is 0 Å². The number of aromatic nitrogens is 2. The Kier molecular flexibility index (Phi) is 11.3. The highest BCUT2D eigenvalue weighted by Gasteiger charge is 2.29. The van der Waals surface area contributed by atoms with E-state index >= 15 is 0 Å². The molecule has 0 aliphatic carbocycles. The molecule has 6 aromatic carbocycles. The van der Waals surface area contributed by atoms with Crippen molar-refractivity contribution in [1.29, 1.82) is 0 Å². The number of aryl methyl sites for hydroxylation is 2. The fraction of sp³-hybridized carbons (Fsp3) is 0.204. The van der Waals surface area contributed by atoms with Gasteiger partial charge in [-0.2, -0.15) is 0 Å². The van der Waals surface area contributed by atoms with Crippen molar-refractivity contribution in [2.75, 3.05) is 0 Å². The smallest absolute Gasteiger partial charge is 0.254 e. The van der Waals surface area contributed by atoms with Crippen molar-refractivity contribution in [2.24, 2.45) is 0 Å². The molecule has 3 heteroatoms. The van der Waals surface area contributed by atoms with Crippen LogP contribution in [-0.4, -0.2) is 4.57 Å². The first-order valence-electron chi connectivity index (χ1n) is 18.4. The second-order valence-electron chi connectivity index (χ2n) is 14.3. The Labute approximate surface area is 316 Å². The second-order valence-corrected chi connectivity index (χ2v) is 14.3. The van der Waals surface area contributed by atoms with Gasteiger partial charge < -0.3 is 12.4 Å². The number of rotatable bonds is 10. The van der Waals surface area contributed by atoms with Crippen molar-refractivity contribution in [2.45, 2.75) is 65.2 Å². The monoisotopic (exact) mass is 700 g/mol. The van der Waals surface area contributed by atoms with Gasteiger partial charge in [0.2, 0.25) is 0 Å². The number of benzene rings is 6. The average molecular weight is 701 g/mol. The van der Waals surface area contributed by atoms with Crippen LogP contribution in [0.25, 0.3) is 11.4 Å². The van der Waals surface area contributed by atoms with E-state index in [4.69, 9.17) is 0 Å². The molecule has 0 N–H and O–H groups in total. The van der Waals surface area contributed by atoms with Gasteiger partial charge in [-0.3, -0.25) is 0 Å². The van der Waals surface area contributed by atoms with Crippen molar-refractivity contribution in [3.8, 4) is 11.4 Å². The molecule has 7 rings (SSSR count). The zero-order valence-corrected chi connectivity index (χ0v) is 31.9. The first-order chi connectivity index (χ1) is 24.8. The maximum Gasteiger partial charge on any atom is 0.254 e. The lowest BCUT2D eigenvalue weighted by Crippen LogP contribution is -3.00. The van der Waals surface area contributed by atoms with E-state index in [0.29, 0.717) is 0 Å². The predicted octanol–water partition coefficient (Wildman–Crippen LogP) is 8.98. The quantitative estimate of drug-likeness (QED) is 0.126. The lowest BCUT2D eigenvalue weighted by atomic mass is 9.84. The Morgan fingerprint density at radius 1 is 0.442 bits per heavy atom. The topological polar surface area (TPSA) is 8.81 Å². The SMILES string of the molecule is Cc1cc([C@H](C)c2ccccc2)c(-n2cc[n+](-c3c([C@H](C)c4ccccc4)cc(C)cc3[C@H](C)c3ccccc3)c2)c([C@H](C)c2ccccc2)c1.[Cl-]. The molecular weight excluding hydrogens is 652 g/mol. The summed E-state index contributed by atoms with van der Waals surface area (Å²) in [6.07, 6.45) is 6.85. The summed E-state index contributed by atoms with van der Waals surface area (Å²) in [5.41, 5.74) is 15.7. The Hall–Kier alpha value is -5.18. The summed E-state index contributed by atoms with van der Waals surface area (Å²) in [4.78, 5) is 0. The maximum absolute atomic E-state index is 2.40. The van der Waals surface area contributed by atoms with Gasteiger partial charge in [0.1, 0.15) is 23.8 Å². The van der Waals surface area contributed by atoms with Crippen LogP contribution in [0.1, 0.15) is 107 Å². The molecule has 262 valence electrons. The van der Waals surface area contributed by atoms with Gasteiger partial charge in [0.25, 0.3) is 6.33 Å². The first-order valence-corrected chi connectivity index (χ1v) is 18.4. The molecule has 1 aromatic heterocycles. The number of hydrogen-bond donors (Lipinski definition) is 0. The van der Waals surface area contributed by atoms with Crippen LogP contribution in [0.4, 0.5) is 0 Å². The number of hydrogen-bond acceptors (Lipinski definition) is 0. The van der Waals surface area contributed by atoms with Crippen molar-refractivity contribution < 1.29 is 17.0 Å². The van der Waals surface area contributed by atoms with Gasteiger partial charge in [-0.05, 0) is 36.1 Å². The van der Waals surface area contributed by atoms with E-state index in [9.17, 15) is 0 Å². The normalized spacial score (nSPS) is 13.5. The minimum atomic E-state index is 0. The van der Waals surface area contributed by atoms with Crippen LogP contribution >= 0.6 is 0 Å².